The van der Waals surface area contributed by atoms with E-state index in [1.54, 1.807) is 18.5 Å². The van der Waals surface area contributed by atoms with Crippen LogP contribution in [-0.2, 0) is 7.05 Å². The Hall–Kier alpha value is -1.68. The number of thiazole rings is 1. The number of hydrogen-bond donors (Lipinski definition) is 1. The molecule has 1 aromatic carbocycles. The SMILES string of the molecule is CCC(=O)c1c(O)sc(-c2ccccc2)[n+]1C. The highest BCUT2D eigenvalue weighted by Gasteiger charge is 2.29. The zero-order valence-electron chi connectivity index (χ0n) is 9.80. The Morgan fingerprint density at radius 1 is 1.35 bits per heavy atom. The molecule has 0 saturated carbocycles. The number of carbonyl (C=O) groups is 1. The average molecular weight is 248 g/mol. The summed E-state index contributed by atoms with van der Waals surface area (Å²) >= 11 is 1.24. The molecule has 1 N–H and O–H groups in total. The highest BCUT2D eigenvalue weighted by molar-refractivity contribution is 7.16. The summed E-state index contributed by atoms with van der Waals surface area (Å²) < 4.78 is 1.77. The van der Waals surface area contributed by atoms with E-state index in [9.17, 15) is 9.90 Å². The Morgan fingerprint density at radius 3 is 2.59 bits per heavy atom. The lowest BCUT2D eigenvalue weighted by Gasteiger charge is -1.94. The second-order valence-electron chi connectivity index (χ2n) is 3.76. The first-order valence-electron chi connectivity index (χ1n) is 5.45. The number of carbonyl (C=O) groups excluding carboxylic acids is 1. The largest absolute Gasteiger partial charge is 0.495 e. The third-order valence-electron chi connectivity index (χ3n) is 2.64. The van der Waals surface area contributed by atoms with E-state index in [1.165, 1.54) is 11.3 Å². The molecular weight excluding hydrogens is 234 g/mol. The lowest BCUT2D eigenvalue weighted by atomic mass is 10.2. The van der Waals surface area contributed by atoms with E-state index in [-0.39, 0.29) is 10.8 Å². The van der Waals surface area contributed by atoms with Gasteiger partial charge in [-0.15, -0.1) is 0 Å². The van der Waals surface area contributed by atoms with Crippen molar-refractivity contribution in [2.75, 3.05) is 0 Å². The summed E-state index contributed by atoms with van der Waals surface area (Å²) in [7, 11) is 1.81. The van der Waals surface area contributed by atoms with E-state index < -0.39 is 0 Å². The molecule has 2 aromatic rings. The number of aromatic nitrogens is 1. The summed E-state index contributed by atoms with van der Waals surface area (Å²) in [6.07, 6.45) is 0.395. The highest BCUT2D eigenvalue weighted by atomic mass is 32.1. The Morgan fingerprint density at radius 2 is 2.00 bits per heavy atom. The van der Waals surface area contributed by atoms with Crippen molar-refractivity contribution in [3.05, 3.63) is 36.0 Å². The minimum absolute atomic E-state index is 0.0385. The van der Waals surface area contributed by atoms with Crippen LogP contribution in [0.25, 0.3) is 10.6 Å². The van der Waals surface area contributed by atoms with E-state index in [4.69, 9.17) is 0 Å². The number of rotatable bonds is 3. The molecule has 0 radical (unpaired) electrons. The van der Waals surface area contributed by atoms with Crippen molar-refractivity contribution in [2.24, 2.45) is 7.05 Å². The topological polar surface area (TPSA) is 41.2 Å². The fourth-order valence-corrected chi connectivity index (χ4v) is 2.77. The number of aromatic hydroxyl groups is 1. The molecule has 0 spiro atoms. The molecule has 0 amide bonds. The van der Waals surface area contributed by atoms with Gasteiger partial charge in [-0.1, -0.05) is 25.1 Å². The maximum Gasteiger partial charge on any atom is 0.302 e. The fraction of sp³-hybridized carbons (Fsp3) is 0.231. The Balaban J connectivity index is 2.56. The van der Waals surface area contributed by atoms with Crippen LogP contribution in [0.15, 0.2) is 30.3 Å². The van der Waals surface area contributed by atoms with E-state index in [1.807, 2.05) is 30.3 Å². The lowest BCUT2D eigenvalue weighted by Crippen LogP contribution is -2.35. The minimum atomic E-state index is -0.0385. The van der Waals surface area contributed by atoms with Crippen LogP contribution < -0.4 is 4.57 Å². The predicted molar refractivity (Wildman–Crippen MR) is 67.2 cm³/mol. The normalized spacial score (nSPS) is 10.5. The monoisotopic (exact) mass is 248 g/mol. The fourth-order valence-electron chi connectivity index (χ4n) is 1.76. The number of benzene rings is 1. The van der Waals surface area contributed by atoms with Gasteiger partial charge < -0.3 is 5.11 Å². The van der Waals surface area contributed by atoms with Gasteiger partial charge in [0.2, 0.25) is 5.78 Å². The van der Waals surface area contributed by atoms with Gasteiger partial charge in [0, 0.05) is 6.42 Å². The first-order valence-corrected chi connectivity index (χ1v) is 6.27. The molecule has 4 heteroatoms. The number of nitrogens with zero attached hydrogens (tertiary/aromatic N) is 1. The van der Waals surface area contributed by atoms with Crippen molar-refractivity contribution in [1.82, 2.24) is 0 Å². The first kappa shape index (κ1) is 11.8. The van der Waals surface area contributed by atoms with Gasteiger partial charge in [0.15, 0.2) is 0 Å². The van der Waals surface area contributed by atoms with Gasteiger partial charge in [-0.3, -0.25) is 4.79 Å². The van der Waals surface area contributed by atoms with Gasteiger partial charge in [-0.05, 0) is 23.5 Å². The molecule has 3 nitrogen and oxygen atoms in total. The third kappa shape index (κ3) is 2.08. The molecule has 0 atom stereocenters. The zero-order chi connectivity index (χ0) is 12.4. The maximum atomic E-state index is 11.7. The van der Waals surface area contributed by atoms with E-state index in [0.717, 1.165) is 10.6 Å². The summed E-state index contributed by atoms with van der Waals surface area (Å²) in [5.41, 5.74) is 1.40. The average Bonchev–Trinajstić information content (AvgIpc) is 2.65. The van der Waals surface area contributed by atoms with Crippen molar-refractivity contribution in [1.29, 1.82) is 0 Å². The van der Waals surface area contributed by atoms with Crippen LogP contribution in [0.3, 0.4) is 0 Å². The van der Waals surface area contributed by atoms with Gasteiger partial charge >= 0.3 is 5.69 Å². The molecule has 0 bridgehead atoms. The second-order valence-corrected chi connectivity index (χ2v) is 4.74. The van der Waals surface area contributed by atoms with Gasteiger partial charge in [0.05, 0.1) is 5.56 Å². The number of hydrogen-bond acceptors (Lipinski definition) is 3. The molecule has 0 unspecified atom stereocenters. The van der Waals surface area contributed by atoms with Crippen LogP contribution in [-0.4, -0.2) is 10.9 Å². The lowest BCUT2D eigenvalue weighted by molar-refractivity contribution is -0.658. The molecule has 1 heterocycles. The molecule has 17 heavy (non-hydrogen) atoms. The standard InChI is InChI=1S/C13H13NO2S/c1-3-10(15)11-13(16)17-12(14(11)2)9-7-5-4-6-8-9/h4-8H,3H2,1-2H3/p+1. The van der Waals surface area contributed by atoms with Crippen molar-refractivity contribution >= 4 is 17.1 Å². The van der Waals surface area contributed by atoms with E-state index >= 15 is 0 Å². The molecule has 0 aliphatic rings. The van der Waals surface area contributed by atoms with Crippen LogP contribution in [0, 0.1) is 0 Å². The minimum Gasteiger partial charge on any atom is -0.495 e. The smallest absolute Gasteiger partial charge is 0.302 e. The maximum absolute atomic E-state index is 11.7. The Kier molecular flexibility index (Phi) is 3.24. The van der Waals surface area contributed by atoms with Crippen LogP contribution >= 0.6 is 11.3 Å². The van der Waals surface area contributed by atoms with Gasteiger partial charge in [0.25, 0.3) is 10.1 Å². The van der Waals surface area contributed by atoms with Crippen LogP contribution in [0.4, 0.5) is 0 Å². The van der Waals surface area contributed by atoms with Crippen molar-refractivity contribution in [3.8, 4) is 15.6 Å². The van der Waals surface area contributed by atoms with Crippen molar-refractivity contribution < 1.29 is 14.5 Å². The van der Waals surface area contributed by atoms with E-state index in [2.05, 4.69) is 0 Å². The molecule has 1 aromatic heterocycles. The number of ketones is 1. The van der Waals surface area contributed by atoms with Gasteiger partial charge in [0.1, 0.15) is 7.05 Å². The summed E-state index contributed by atoms with van der Waals surface area (Å²) in [5.74, 6) is -0.0385. The van der Waals surface area contributed by atoms with Gasteiger partial charge in [-0.2, -0.15) is 4.57 Å². The summed E-state index contributed by atoms with van der Waals surface area (Å²) in [6, 6.07) is 9.74. The van der Waals surface area contributed by atoms with Crippen LogP contribution in [0.1, 0.15) is 23.8 Å². The molecule has 88 valence electrons. The highest BCUT2D eigenvalue weighted by Crippen LogP contribution is 2.31. The summed E-state index contributed by atoms with van der Waals surface area (Å²) in [4.78, 5) is 11.7. The van der Waals surface area contributed by atoms with Crippen molar-refractivity contribution in [3.63, 3.8) is 0 Å². The quantitative estimate of drug-likeness (QED) is 0.670. The summed E-state index contributed by atoms with van der Waals surface area (Å²) in [6.45, 7) is 1.79. The zero-order valence-corrected chi connectivity index (χ0v) is 10.6. The van der Waals surface area contributed by atoms with Crippen LogP contribution in [0.5, 0.6) is 5.06 Å². The Bertz CT molecular complexity index is 546. The molecule has 0 aliphatic heterocycles. The third-order valence-corrected chi connectivity index (χ3v) is 3.73. The molecule has 0 aliphatic carbocycles. The molecular formula is C13H14NO2S+. The first-order chi connectivity index (χ1) is 8.15. The van der Waals surface area contributed by atoms with E-state index in [0.29, 0.717) is 12.1 Å². The summed E-state index contributed by atoms with van der Waals surface area (Å²) in [5, 5.41) is 10.8. The molecule has 0 saturated heterocycles. The van der Waals surface area contributed by atoms with Crippen LogP contribution in [0.2, 0.25) is 0 Å². The van der Waals surface area contributed by atoms with Gasteiger partial charge in [-0.25, -0.2) is 0 Å². The molecule has 0 fully saturated rings. The Labute approximate surface area is 104 Å². The van der Waals surface area contributed by atoms with Crippen molar-refractivity contribution in [2.45, 2.75) is 13.3 Å². The molecule has 2 rings (SSSR count). The predicted octanol–water partition coefficient (Wildman–Crippen LogP) is 2.54. The number of Topliss-reactive ketones (excluding diaryl/α,β-unsaturated/α-hetero) is 1. The second kappa shape index (κ2) is 4.67.